The van der Waals surface area contributed by atoms with Gasteiger partial charge in [-0.05, 0) is 39.3 Å². The van der Waals surface area contributed by atoms with E-state index in [9.17, 15) is 4.79 Å². The third-order valence-corrected chi connectivity index (χ3v) is 1.32. The summed E-state index contributed by atoms with van der Waals surface area (Å²) in [5.41, 5.74) is 2.16. The smallest absolute Gasteiger partial charge is 0.152 e. The maximum Gasteiger partial charge on any atom is 0.152 e. The van der Waals surface area contributed by atoms with Crippen LogP contribution in [0.3, 0.4) is 0 Å². The van der Waals surface area contributed by atoms with E-state index < -0.39 is 0 Å². The lowest BCUT2D eigenvalue weighted by molar-refractivity contribution is -0.112. The Hall–Kier alpha value is -1.11. The van der Waals surface area contributed by atoms with Gasteiger partial charge in [0.25, 0.3) is 0 Å². The molecule has 0 spiro atoms. The van der Waals surface area contributed by atoms with Crippen LogP contribution in [0.5, 0.6) is 0 Å². The molecule has 0 aromatic heterocycles. The highest BCUT2D eigenvalue weighted by Gasteiger charge is 1.87. The third-order valence-electron chi connectivity index (χ3n) is 1.32. The molecule has 0 aromatic carbocycles. The van der Waals surface area contributed by atoms with Gasteiger partial charge in [-0.15, -0.1) is 0 Å². The van der Waals surface area contributed by atoms with Gasteiger partial charge in [0.1, 0.15) is 0 Å². The summed E-state index contributed by atoms with van der Waals surface area (Å²) in [5.74, 6) is 0.0945. The zero-order valence-electron chi connectivity index (χ0n) is 8.22. The van der Waals surface area contributed by atoms with Crippen LogP contribution in [0.4, 0.5) is 0 Å². The van der Waals surface area contributed by atoms with Crippen molar-refractivity contribution >= 4 is 5.78 Å². The van der Waals surface area contributed by atoms with Crippen LogP contribution in [0.15, 0.2) is 35.5 Å². The van der Waals surface area contributed by atoms with Crippen molar-refractivity contribution in [3.05, 3.63) is 35.5 Å². The van der Waals surface area contributed by atoms with E-state index in [1.807, 2.05) is 39.0 Å². The molecule has 0 aliphatic rings. The lowest BCUT2D eigenvalue weighted by Crippen LogP contribution is -1.83. The van der Waals surface area contributed by atoms with E-state index in [0.29, 0.717) is 0 Å². The molecule has 0 rings (SSSR count). The second kappa shape index (κ2) is 5.53. The Morgan fingerprint density at radius 2 is 1.58 bits per heavy atom. The SMILES string of the molecule is CC=C/C(C)=C/C(C)=C/C(C)=O. The topological polar surface area (TPSA) is 17.1 Å². The molecule has 0 fully saturated rings. The summed E-state index contributed by atoms with van der Waals surface area (Å²) in [6, 6.07) is 0. The van der Waals surface area contributed by atoms with Crippen LogP contribution in [0.25, 0.3) is 0 Å². The number of carbonyl (C=O) groups excluding carboxylic acids is 1. The van der Waals surface area contributed by atoms with Crippen molar-refractivity contribution in [1.82, 2.24) is 0 Å². The number of hydrogen-bond acceptors (Lipinski definition) is 1. The van der Waals surface area contributed by atoms with Gasteiger partial charge in [0.15, 0.2) is 5.78 Å². The van der Waals surface area contributed by atoms with E-state index in [1.54, 1.807) is 13.0 Å². The average molecular weight is 164 g/mol. The Morgan fingerprint density at radius 3 is 2.00 bits per heavy atom. The second-order valence-corrected chi connectivity index (χ2v) is 2.89. The number of ketones is 1. The molecule has 0 heterocycles. The molecule has 1 nitrogen and oxygen atoms in total. The standard InChI is InChI=1S/C11H16O/c1-5-6-9(2)7-10(3)8-11(4)12/h5-8H,1-4H3/b6-5?,9-7+,10-8+. The Kier molecular flexibility index (Phi) is 5.02. The fourth-order valence-corrected chi connectivity index (χ4v) is 1.03. The van der Waals surface area contributed by atoms with Crippen molar-refractivity contribution in [2.24, 2.45) is 0 Å². The van der Waals surface area contributed by atoms with Crippen molar-refractivity contribution < 1.29 is 4.79 Å². The van der Waals surface area contributed by atoms with Crippen LogP contribution in [-0.4, -0.2) is 5.78 Å². The number of hydrogen-bond donors (Lipinski definition) is 0. The van der Waals surface area contributed by atoms with Gasteiger partial charge in [0.05, 0.1) is 0 Å². The van der Waals surface area contributed by atoms with Gasteiger partial charge in [0.2, 0.25) is 0 Å². The summed E-state index contributed by atoms with van der Waals surface area (Å²) in [6.07, 6.45) is 7.61. The fourth-order valence-electron chi connectivity index (χ4n) is 1.03. The van der Waals surface area contributed by atoms with Gasteiger partial charge in [-0.3, -0.25) is 4.79 Å². The molecule has 0 unspecified atom stereocenters. The molecule has 0 radical (unpaired) electrons. The summed E-state index contributed by atoms with van der Waals surface area (Å²) < 4.78 is 0. The fraction of sp³-hybridized carbons (Fsp3) is 0.364. The predicted molar refractivity (Wildman–Crippen MR) is 53.0 cm³/mol. The summed E-state index contributed by atoms with van der Waals surface area (Å²) in [5, 5.41) is 0. The van der Waals surface area contributed by atoms with E-state index in [2.05, 4.69) is 0 Å². The highest BCUT2D eigenvalue weighted by atomic mass is 16.1. The Balaban J connectivity index is 4.42. The van der Waals surface area contributed by atoms with Gasteiger partial charge in [-0.2, -0.15) is 0 Å². The zero-order chi connectivity index (χ0) is 9.56. The maximum atomic E-state index is 10.7. The first-order valence-corrected chi connectivity index (χ1v) is 4.06. The van der Waals surface area contributed by atoms with Gasteiger partial charge >= 0.3 is 0 Å². The molecule has 1 heteroatoms. The summed E-state index contributed by atoms with van der Waals surface area (Å²) in [6.45, 7) is 7.47. The number of carbonyl (C=O) groups is 1. The summed E-state index contributed by atoms with van der Waals surface area (Å²) >= 11 is 0. The van der Waals surface area contributed by atoms with Crippen molar-refractivity contribution in [3.8, 4) is 0 Å². The molecule has 0 saturated heterocycles. The summed E-state index contributed by atoms with van der Waals surface area (Å²) in [4.78, 5) is 10.7. The predicted octanol–water partition coefficient (Wildman–Crippen LogP) is 3.04. The molecule has 0 amide bonds. The van der Waals surface area contributed by atoms with Gasteiger partial charge in [-0.25, -0.2) is 0 Å². The lowest BCUT2D eigenvalue weighted by Gasteiger charge is -1.92. The lowest BCUT2D eigenvalue weighted by atomic mass is 10.1. The Morgan fingerprint density at radius 1 is 1.00 bits per heavy atom. The van der Waals surface area contributed by atoms with E-state index in [1.165, 1.54) is 0 Å². The minimum Gasteiger partial charge on any atom is -0.295 e. The first kappa shape index (κ1) is 10.9. The molecular formula is C11H16O. The molecule has 0 N–H and O–H groups in total. The second-order valence-electron chi connectivity index (χ2n) is 2.89. The molecule has 0 aromatic rings. The minimum absolute atomic E-state index is 0.0945. The Bertz CT molecular complexity index is 242. The molecule has 0 aliphatic heterocycles. The third kappa shape index (κ3) is 5.66. The molecule has 12 heavy (non-hydrogen) atoms. The Labute approximate surface area is 74.5 Å². The normalized spacial score (nSPS) is 14.0. The van der Waals surface area contributed by atoms with Crippen LogP contribution in [-0.2, 0) is 4.79 Å². The van der Waals surface area contributed by atoms with Crippen molar-refractivity contribution in [2.45, 2.75) is 27.7 Å². The molecule has 0 bridgehead atoms. The number of rotatable bonds is 3. The first-order valence-electron chi connectivity index (χ1n) is 4.06. The van der Waals surface area contributed by atoms with Crippen molar-refractivity contribution in [3.63, 3.8) is 0 Å². The minimum atomic E-state index is 0.0945. The van der Waals surface area contributed by atoms with Gasteiger partial charge < -0.3 is 0 Å². The van der Waals surface area contributed by atoms with Crippen LogP contribution in [0.1, 0.15) is 27.7 Å². The summed E-state index contributed by atoms with van der Waals surface area (Å²) in [7, 11) is 0. The van der Waals surface area contributed by atoms with E-state index in [-0.39, 0.29) is 5.78 Å². The largest absolute Gasteiger partial charge is 0.295 e. The van der Waals surface area contributed by atoms with Crippen LogP contribution < -0.4 is 0 Å². The highest BCUT2D eigenvalue weighted by molar-refractivity contribution is 5.88. The quantitative estimate of drug-likeness (QED) is 0.463. The molecular weight excluding hydrogens is 148 g/mol. The van der Waals surface area contributed by atoms with Crippen molar-refractivity contribution in [2.75, 3.05) is 0 Å². The first-order chi connectivity index (χ1) is 5.56. The van der Waals surface area contributed by atoms with Gasteiger partial charge in [0, 0.05) is 0 Å². The molecule has 66 valence electrons. The highest BCUT2D eigenvalue weighted by Crippen LogP contribution is 2.02. The zero-order valence-corrected chi connectivity index (χ0v) is 8.22. The van der Waals surface area contributed by atoms with E-state index >= 15 is 0 Å². The monoisotopic (exact) mass is 164 g/mol. The number of allylic oxidation sites excluding steroid dienone is 6. The van der Waals surface area contributed by atoms with Crippen LogP contribution in [0, 0.1) is 0 Å². The van der Waals surface area contributed by atoms with E-state index in [0.717, 1.165) is 11.1 Å². The van der Waals surface area contributed by atoms with E-state index in [4.69, 9.17) is 0 Å². The van der Waals surface area contributed by atoms with Crippen LogP contribution >= 0.6 is 0 Å². The molecule has 0 saturated carbocycles. The average Bonchev–Trinajstić information content (AvgIpc) is 1.84. The van der Waals surface area contributed by atoms with Gasteiger partial charge in [-0.1, -0.05) is 23.8 Å². The van der Waals surface area contributed by atoms with Crippen LogP contribution in [0.2, 0.25) is 0 Å². The van der Waals surface area contributed by atoms with Crippen molar-refractivity contribution in [1.29, 1.82) is 0 Å². The molecule has 0 aliphatic carbocycles. The molecule has 0 atom stereocenters. The maximum absolute atomic E-state index is 10.7.